The zero-order valence-electron chi connectivity index (χ0n) is 17.1. The number of aromatic carboxylic acids is 1. The van der Waals surface area contributed by atoms with Gasteiger partial charge in [-0.2, -0.15) is 0 Å². The molecule has 0 aliphatic heterocycles. The Morgan fingerprint density at radius 3 is 2.55 bits per heavy atom. The lowest BCUT2D eigenvalue weighted by molar-refractivity contribution is 0.0685. The van der Waals surface area contributed by atoms with Crippen molar-refractivity contribution in [2.45, 2.75) is 19.6 Å². The van der Waals surface area contributed by atoms with Crippen LogP contribution in [0.3, 0.4) is 0 Å². The SMILES string of the molecule is COc1cccc(CNCc2c(C(=O)O)n(Cc3cccc(Cl)c3)c3ccccc23)c1. The Balaban J connectivity index is 1.67. The maximum Gasteiger partial charge on any atom is 0.352 e. The lowest BCUT2D eigenvalue weighted by atomic mass is 10.1. The van der Waals surface area contributed by atoms with Gasteiger partial charge in [-0.3, -0.25) is 0 Å². The summed E-state index contributed by atoms with van der Waals surface area (Å²) in [5.74, 6) is -0.153. The van der Waals surface area contributed by atoms with Crippen molar-refractivity contribution in [1.82, 2.24) is 9.88 Å². The van der Waals surface area contributed by atoms with E-state index in [-0.39, 0.29) is 0 Å². The molecule has 6 heteroatoms. The zero-order valence-corrected chi connectivity index (χ0v) is 17.9. The number of halogens is 1. The van der Waals surface area contributed by atoms with Crippen molar-refractivity contribution >= 4 is 28.5 Å². The Labute approximate surface area is 185 Å². The molecule has 2 N–H and O–H groups in total. The minimum absolute atomic E-state index is 0.291. The fourth-order valence-corrected chi connectivity index (χ4v) is 4.11. The zero-order chi connectivity index (χ0) is 21.8. The van der Waals surface area contributed by atoms with Gasteiger partial charge in [0.05, 0.1) is 7.11 Å². The summed E-state index contributed by atoms with van der Waals surface area (Å²) in [5, 5.41) is 15.0. The van der Waals surface area contributed by atoms with Crippen LogP contribution in [0.4, 0.5) is 0 Å². The third-order valence-electron chi connectivity index (χ3n) is 5.27. The molecule has 0 atom stereocenters. The normalized spacial score (nSPS) is 11.0. The van der Waals surface area contributed by atoms with Crippen LogP contribution in [0.15, 0.2) is 72.8 Å². The number of ether oxygens (including phenoxy) is 1. The molecule has 0 saturated carbocycles. The Morgan fingerprint density at radius 1 is 1.00 bits per heavy atom. The van der Waals surface area contributed by atoms with Crippen LogP contribution >= 0.6 is 11.6 Å². The van der Waals surface area contributed by atoms with E-state index in [9.17, 15) is 9.90 Å². The van der Waals surface area contributed by atoms with Crippen LogP contribution in [0.1, 0.15) is 27.2 Å². The van der Waals surface area contributed by atoms with Gasteiger partial charge in [-0.25, -0.2) is 4.79 Å². The van der Waals surface area contributed by atoms with Gasteiger partial charge in [-0.15, -0.1) is 0 Å². The molecule has 31 heavy (non-hydrogen) atoms. The average Bonchev–Trinajstić information content (AvgIpc) is 3.08. The lowest BCUT2D eigenvalue weighted by Gasteiger charge is -2.10. The highest BCUT2D eigenvalue weighted by molar-refractivity contribution is 6.30. The molecule has 0 saturated heterocycles. The van der Waals surface area contributed by atoms with Crippen LogP contribution in [0.5, 0.6) is 5.75 Å². The van der Waals surface area contributed by atoms with Crippen LogP contribution < -0.4 is 10.1 Å². The minimum Gasteiger partial charge on any atom is -0.497 e. The number of para-hydroxylation sites is 1. The van der Waals surface area contributed by atoms with Gasteiger partial charge < -0.3 is 19.7 Å². The molecule has 4 rings (SSSR count). The first-order valence-corrected chi connectivity index (χ1v) is 10.4. The fourth-order valence-electron chi connectivity index (χ4n) is 3.89. The van der Waals surface area contributed by atoms with Crippen molar-refractivity contribution in [2.75, 3.05) is 7.11 Å². The van der Waals surface area contributed by atoms with Gasteiger partial charge >= 0.3 is 5.97 Å². The minimum atomic E-state index is -0.948. The fraction of sp³-hybridized carbons (Fsp3) is 0.160. The molecule has 5 nitrogen and oxygen atoms in total. The number of carbonyl (C=O) groups is 1. The maximum absolute atomic E-state index is 12.3. The maximum atomic E-state index is 12.3. The van der Waals surface area contributed by atoms with E-state index < -0.39 is 5.97 Å². The van der Waals surface area contributed by atoms with Crippen molar-refractivity contribution in [1.29, 1.82) is 0 Å². The van der Waals surface area contributed by atoms with Gasteiger partial charge in [0.25, 0.3) is 0 Å². The monoisotopic (exact) mass is 434 g/mol. The van der Waals surface area contributed by atoms with Gasteiger partial charge in [0.15, 0.2) is 0 Å². The second-order valence-corrected chi connectivity index (χ2v) is 7.76. The molecule has 0 fully saturated rings. The third kappa shape index (κ3) is 4.58. The largest absolute Gasteiger partial charge is 0.497 e. The Bertz CT molecular complexity index is 1230. The molecule has 158 valence electrons. The summed E-state index contributed by atoms with van der Waals surface area (Å²) in [6.45, 7) is 1.46. The van der Waals surface area contributed by atoms with Crippen molar-refractivity contribution in [2.24, 2.45) is 0 Å². The number of rotatable bonds is 8. The molecule has 0 unspecified atom stereocenters. The van der Waals surface area contributed by atoms with E-state index in [0.717, 1.165) is 33.3 Å². The molecule has 0 bridgehead atoms. The molecule has 1 aromatic heterocycles. The van der Waals surface area contributed by atoms with Crippen molar-refractivity contribution in [3.8, 4) is 5.75 Å². The number of carboxylic acid groups (broad SMARTS) is 1. The van der Waals surface area contributed by atoms with Crippen molar-refractivity contribution < 1.29 is 14.6 Å². The number of fused-ring (bicyclic) bond motifs is 1. The van der Waals surface area contributed by atoms with E-state index in [1.54, 1.807) is 7.11 Å². The summed E-state index contributed by atoms with van der Waals surface area (Å²) < 4.78 is 7.13. The summed E-state index contributed by atoms with van der Waals surface area (Å²) >= 11 is 6.14. The average molecular weight is 435 g/mol. The van der Waals surface area contributed by atoms with Crippen LogP contribution in [-0.4, -0.2) is 22.8 Å². The van der Waals surface area contributed by atoms with Gasteiger partial charge in [0.2, 0.25) is 0 Å². The number of methoxy groups -OCH3 is 1. The number of aromatic nitrogens is 1. The smallest absolute Gasteiger partial charge is 0.352 e. The van der Waals surface area contributed by atoms with E-state index in [0.29, 0.717) is 30.4 Å². The Hall–Kier alpha value is -3.28. The molecule has 0 spiro atoms. The predicted octanol–water partition coefficient (Wildman–Crippen LogP) is 5.34. The number of hydrogen-bond donors (Lipinski definition) is 2. The predicted molar refractivity (Wildman–Crippen MR) is 123 cm³/mol. The second kappa shape index (κ2) is 9.25. The molecule has 0 radical (unpaired) electrons. The molecule has 0 aliphatic rings. The molecule has 0 amide bonds. The lowest BCUT2D eigenvalue weighted by Crippen LogP contribution is -2.17. The molecular weight excluding hydrogens is 412 g/mol. The molecule has 1 heterocycles. The highest BCUT2D eigenvalue weighted by Crippen LogP contribution is 2.28. The second-order valence-electron chi connectivity index (χ2n) is 7.32. The van der Waals surface area contributed by atoms with E-state index in [2.05, 4.69) is 5.32 Å². The highest BCUT2D eigenvalue weighted by Gasteiger charge is 2.22. The highest BCUT2D eigenvalue weighted by atomic mass is 35.5. The summed E-state index contributed by atoms with van der Waals surface area (Å²) in [5.41, 5.74) is 3.97. The van der Waals surface area contributed by atoms with Crippen molar-refractivity contribution in [3.63, 3.8) is 0 Å². The standard InChI is InChI=1S/C25H23ClN2O3/c1-31-20-9-5-6-17(13-20)14-27-15-22-21-10-2-3-11-23(21)28(24(22)25(29)30)16-18-7-4-8-19(26)12-18/h2-13,27H,14-16H2,1H3,(H,29,30). The summed E-state index contributed by atoms with van der Waals surface area (Å²) in [6, 6.07) is 23.1. The molecule has 0 aliphatic carbocycles. The summed E-state index contributed by atoms with van der Waals surface area (Å²) in [4.78, 5) is 12.3. The summed E-state index contributed by atoms with van der Waals surface area (Å²) in [7, 11) is 1.64. The number of benzene rings is 3. The van der Waals surface area contributed by atoms with Crippen LogP contribution in [-0.2, 0) is 19.6 Å². The van der Waals surface area contributed by atoms with E-state index in [1.165, 1.54) is 0 Å². The first-order valence-electron chi connectivity index (χ1n) is 9.98. The quantitative estimate of drug-likeness (QED) is 0.393. The summed E-state index contributed by atoms with van der Waals surface area (Å²) in [6.07, 6.45) is 0. The Morgan fingerprint density at radius 2 is 1.77 bits per heavy atom. The van der Waals surface area contributed by atoms with Crippen molar-refractivity contribution in [3.05, 3.63) is 100 Å². The van der Waals surface area contributed by atoms with Gasteiger partial charge in [-0.1, -0.05) is 54.1 Å². The first-order chi connectivity index (χ1) is 15.1. The number of hydrogen-bond acceptors (Lipinski definition) is 3. The first kappa shape index (κ1) is 21.0. The molecular formula is C25H23ClN2O3. The van der Waals surface area contributed by atoms with Gasteiger partial charge in [0.1, 0.15) is 11.4 Å². The van der Waals surface area contributed by atoms with Gasteiger partial charge in [0, 0.05) is 41.1 Å². The van der Waals surface area contributed by atoms with Crippen LogP contribution in [0, 0.1) is 0 Å². The molecule has 4 aromatic rings. The third-order valence-corrected chi connectivity index (χ3v) is 5.51. The van der Waals surface area contributed by atoms with E-state index in [4.69, 9.17) is 16.3 Å². The van der Waals surface area contributed by atoms with E-state index in [1.807, 2.05) is 77.4 Å². The van der Waals surface area contributed by atoms with Gasteiger partial charge in [-0.05, 0) is 41.5 Å². The number of nitrogens with one attached hydrogen (secondary N) is 1. The molecule has 3 aromatic carbocycles. The van der Waals surface area contributed by atoms with E-state index >= 15 is 0 Å². The van der Waals surface area contributed by atoms with Crippen LogP contribution in [0.2, 0.25) is 5.02 Å². The Kier molecular flexibility index (Phi) is 6.26. The number of carboxylic acids is 1. The topological polar surface area (TPSA) is 63.5 Å². The number of nitrogens with zero attached hydrogens (tertiary/aromatic N) is 1. The van der Waals surface area contributed by atoms with Crippen LogP contribution in [0.25, 0.3) is 10.9 Å².